The van der Waals surface area contributed by atoms with Gasteiger partial charge in [0, 0.05) is 11.8 Å². The molecule has 21 heavy (non-hydrogen) atoms. The zero-order valence-corrected chi connectivity index (χ0v) is 14.4. The zero-order valence-electron chi connectivity index (χ0n) is 12.3. The van der Waals surface area contributed by atoms with Crippen LogP contribution in [-0.2, 0) is 9.53 Å². The first-order valence-electron chi connectivity index (χ1n) is 7.02. The average molecular weight is 415 g/mol. The maximum absolute atomic E-state index is 13.2. The number of rotatable bonds is 4. The lowest BCUT2D eigenvalue weighted by Gasteiger charge is -2.27. The predicted molar refractivity (Wildman–Crippen MR) is 81.7 cm³/mol. The highest BCUT2D eigenvalue weighted by Gasteiger charge is 2.72. The maximum Gasteiger partial charge on any atom is 0.408 e. The van der Waals surface area contributed by atoms with Gasteiger partial charge in [-0.3, -0.25) is 4.79 Å². The number of carbonyl (C=O) groups is 2. The molecule has 0 aromatic heterocycles. The van der Waals surface area contributed by atoms with Gasteiger partial charge in [0.25, 0.3) is 5.92 Å². The molecule has 1 unspecified atom stereocenters. The lowest BCUT2D eigenvalue weighted by molar-refractivity contribution is -0.120. The Morgan fingerprint density at radius 1 is 1.33 bits per heavy atom. The number of amides is 1. The van der Waals surface area contributed by atoms with Crippen LogP contribution < -0.4 is 5.32 Å². The van der Waals surface area contributed by atoms with E-state index in [0.717, 1.165) is 0 Å². The number of nitrogens with one attached hydrogen (secondary N) is 1. The topological polar surface area (TPSA) is 55.4 Å². The molecule has 2 aliphatic rings. The summed E-state index contributed by atoms with van der Waals surface area (Å²) in [5.74, 6) is -4.16. The summed E-state index contributed by atoms with van der Waals surface area (Å²) < 4.78 is 31.9. The van der Waals surface area contributed by atoms with Gasteiger partial charge < -0.3 is 10.1 Å². The number of carbonyl (C=O) groups excluding carboxylic acids is 2. The van der Waals surface area contributed by atoms with Crippen molar-refractivity contribution in [2.24, 2.45) is 17.8 Å². The number of hydrogen-bond acceptors (Lipinski definition) is 3. The summed E-state index contributed by atoms with van der Waals surface area (Å²) in [6.45, 7) is 5.19. The summed E-state index contributed by atoms with van der Waals surface area (Å²) in [5, 5.41) is 2.57. The van der Waals surface area contributed by atoms with E-state index >= 15 is 0 Å². The molecular weight excluding hydrogens is 395 g/mol. The van der Waals surface area contributed by atoms with Gasteiger partial charge in [-0.2, -0.15) is 0 Å². The van der Waals surface area contributed by atoms with Crippen LogP contribution in [0.2, 0.25) is 0 Å². The average Bonchev–Trinajstić information content (AvgIpc) is 2.75. The Hall–Kier alpha value is -0.470. The van der Waals surface area contributed by atoms with Gasteiger partial charge in [-0.1, -0.05) is 22.6 Å². The second-order valence-electron chi connectivity index (χ2n) is 6.84. The molecule has 1 amide bonds. The van der Waals surface area contributed by atoms with Crippen LogP contribution in [-0.4, -0.2) is 33.9 Å². The summed E-state index contributed by atoms with van der Waals surface area (Å²) >= 11 is 1.92. The van der Waals surface area contributed by atoms with Gasteiger partial charge in [0.2, 0.25) is 0 Å². The number of ketones is 1. The molecule has 0 aliphatic heterocycles. The Kier molecular flexibility index (Phi) is 4.52. The summed E-state index contributed by atoms with van der Waals surface area (Å²) in [6, 6.07) is -0.722. The molecule has 2 aliphatic carbocycles. The molecule has 0 spiro atoms. The molecule has 7 heteroatoms. The molecule has 0 aromatic carbocycles. The molecule has 4 atom stereocenters. The standard InChI is InChI=1S/C14H20F2INO3/c1-13(2,3)21-12(20)18-11(10(19)6-17)7-4-8-9(5-7)14(8,15)16/h7-9,11H,4-6H2,1-3H3,(H,18,20)/t7?,8-,9+,11-/m0/s1. The van der Waals surface area contributed by atoms with Gasteiger partial charge in [-0.15, -0.1) is 0 Å². The highest BCUT2D eigenvalue weighted by Crippen LogP contribution is 2.66. The van der Waals surface area contributed by atoms with E-state index in [0.29, 0.717) is 12.8 Å². The molecule has 120 valence electrons. The third-order valence-corrected chi connectivity index (χ3v) is 4.85. The Balaban J connectivity index is 1.97. The van der Waals surface area contributed by atoms with Crippen molar-refractivity contribution in [2.75, 3.05) is 4.43 Å². The van der Waals surface area contributed by atoms with E-state index in [1.165, 1.54) is 0 Å². The van der Waals surface area contributed by atoms with Gasteiger partial charge in [-0.05, 0) is 39.5 Å². The van der Waals surface area contributed by atoms with E-state index in [9.17, 15) is 18.4 Å². The van der Waals surface area contributed by atoms with Gasteiger partial charge in [0.1, 0.15) is 5.60 Å². The van der Waals surface area contributed by atoms with Gasteiger partial charge in [0.05, 0.1) is 10.5 Å². The number of alkyl carbamates (subject to hydrolysis) is 1. The molecular formula is C14H20F2INO3. The van der Waals surface area contributed by atoms with Crippen LogP contribution >= 0.6 is 22.6 Å². The Morgan fingerprint density at radius 3 is 2.29 bits per heavy atom. The minimum Gasteiger partial charge on any atom is -0.444 e. The number of halogens is 3. The largest absolute Gasteiger partial charge is 0.444 e. The number of Topliss-reactive ketones (excluding diaryl/α,β-unsaturated/α-hetero) is 1. The fraction of sp³-hybridized carbons (Fsp3) is 0.857. The minimum atomic E-state index is -2.57. The summed E-state index contributed by atoms with van der Waals surface area (Å²) in [7, 11) is 0. The Labute approximate surface area is 136 Å². The molecule has 0 bridgehead atoms. The molecule has 0 saturated heterocycles. The third-order valence-electron chi connectivity index (χ3n) is 4.10. The first-order valence-corrected chi connectivity index (χ1v) is 8.55. The maximum atomic E-state index is 13.2. The fourth-order valence-electron chi connectivity index (χ4n) is 3.10. The third kappa shape index (κ3) is 3.65. The van der Waals surface area contributed by atoms with Gasteiger partial charge in [-0.25, -0.2) is 13.6 Å². The van der Waals surface area contributed by atoms with E-state index in [4.69, 9.17) is 4.74 Å². The van der Waals surface area contributed by atoms with Crippen molar-refractivity contribution in [1.29, 1.82) is 0 Å². The lowest BCUT2D eigenvalue weighted by Crippen LogP contribution is -2.48. The number of fused-ring (bicyclic) bond motifs is 1. The number of ether oxygens (including phenoxy) is 1. The second kappa shape index (κ2) is 5.62. The molecule has 0 radical (unpaired) electrons. The molecule has 2 rings (SSSR count). The van der Waals surface area contributed by atoms with Crippen molar-refractivity contribution in [3.63, 3.8) is 0 Å². The quantitative estimate of drug-likeness (QED) is 0.567. The molecule has 0 aromatic rings. The molecule has 4 nitrogen and oxygen atoms in total. The Bertz CT molecular complexity index is 436. The van der Waals surface area contributed by atoms with E-state index in [2.05, 4.69) is 5.32 Å². The van der Waals surface area contributed by atoms with Crippen LogP contribution in [0.25, 0.3) is 0 Å². The minimum absolute atomic E-state index is 0.143. The zero-order chi connectivity index (χ0) is 16.0. The summed E-state index contributed by atoms with van der Waals surface area (Å²) in [4.78, 5) is 23.8. The van der Waals surface area contributed by atoms with E-state index < -0.39 is 35.5 Å². The normalized spacial score (nSPS) is 31.2. The molecule has 2 saturated carbocycles. The first kappa shape index (κ1) is 16.9. The van der Waals surface area contributed by atoms with Crippen molar-refractivity contribution < 1.29 is 23.1 Å². The van der Waals surface area contributed by atoms with Crippen LogP contribution in [0.1, 0.15) is 33.6 Å². The number of alkyl halides is 3. The van der Waals surface area contributed by atoms with Crippen molar-refractivity contribution in [1.82, 2.24) is 5.32 Å². The summed E-state index contributed by atoms with van der Waals surface area (Å²) in [6.07, 6.45) is -0.0841. The van der Waals surface area contributed by atoms with Crippen LogP contribution in [0.5, 0.6) is 0 Å². The Morgan fingerprint density at radius 2 is 1.86 bits per heavy atom. The van der Waals surface area contributed by atoms with E-state index in [1.807, 2.05) is 22.6 Å². The van der Waals surface area contributed by atoms with Gasteiger partial charge in [0.15, 0.2) is 5.78 Å². The highest BCUT2D eigenvalue weighted by molar-refractivity contribution is 14.1. The van der Waals surface area contributed by atoms with Crippen molar-refractivity contribution in [2.45, 2.75) is 51.2 Å². The van der Waals surface area contributed by atoms with Crippen molar-refractivity contribution >= 4 is 34.5 Å². The van der Waals surface area contributed by atoms with E-state index in [1.54, 1.807) is 20.8 Å². The molecule has 2 fully saturated rings. The molecule has 0 heterocycles. The van der Waals surface area contributed by atoms with Crippen LogP contribution in [0.3, 0.4) is 0 Å². The molecule has 1 N–H and O–H groups in total. The monoisotopic (exact) mass is 415 g/mol. The van der Waals surface area contributed by atoms with Gasteiger partial charge >= 0.3 is 6.09 Å². The van der Waals surface area contributed by atoms with Crippen LogP contribution in [0.4, 0.5) is 13.6 Å². The number of hydrogen-bond donors (Lipinski definition) is 1. The lowest BCUT2D eigenvalue weighted by atomic mass is 9.91. The SMILES string of the molecule is CC(C)(C)OC(=O)N[C@H](C(=O)CI)C1C[C@@H]2[C@H](C1)C2(F)F. The summed E-state index contributed by atoms with van der Waals surface area (Å²) in [5.41, 5.74) is -0.660. The smallest absolute Gasteiger partial charge is 0.408 e. The highest BCUT2D eigenvalue weighted by atomic mass is 127. The first-order chi connectivity index (χ1) is 9.56. The van der Waals surface area contributed by atoms with Crippen molar-refractivity contribution in [3.05, 3.63) is 0 Å². The van der Waals surface area contributed by atoms with E-state index in [-0.39, 0.29) is 16.1 Å². The van der Waals surface area contributed by atoms with Crippen LogP contribution in [0.15, 0.2) is 0 Å². The fourth-order valence-corrected chi connectivity index (χ4v) is 3.58. The van der Waals surface area contributed by atoms with Crippen LogP contribution in [0, 0.1) is 17.8 Å². The predicted octanol–water partition coefficient (Wildman–Crippen LogP) is 3.18. The second-order valence-corrected chi connectivity index (χ2v) is 7.61. The van der Waals surface area contributed by atoms with Crippen molar-refractivity contribution in [3.8, 4) is 0 Å².